The summed E-state index contributed by atoms with van der Waals surface area (Å²) in [6.45, 7) is 1.73. The Labute approximate surface area is 135 Å². The molecule has 0 aliphatic carbocycles. The van der Waals surface area contributed by atoms with E-state index in [-0.39, 0.29) is 22.9 Å². The molecule has 2 aromatic heterocycles. The van der Waals surface area contributed by atoms with Crippen LogP contribution >= 0.6 is 0 Å². The number of carbonyl (C=O) groups is 1. The summed E-state index contributed by atoms with van der Waals surface area (Å²) in [6.07, 6.45) is 1.61. The van der Waals surface area contributed by atoms with Crippen molar-refractivity contribution in [1.29, 1.82) is 0 Å². The highest BCUT2D eigenvalue weighted by Crippen LogP contribution is 2.28. The molecule has 0 atom stereocenters. The summed E-state index contributed by atoms with van der Waals surface area (Å²) in [6, 6.07) is 9.27. The average Bonchev–Trinajstić information content (AvgIpc) is 2.93. The van der Waals surface area contributed by atoms with Crippen LogP contribution in [0.25, 0.3) is 5.65 Å². The Balaban J connectivity index is 2.11. The van der Waals surface area contributed by atoms with Crippen LogP contribution in [0.3, 0.4) is 0 Å². The third-order valence-corrected chi connectivity index (χ3v) is 3.36. The van der Waals surface area contributed by atoms with Crippen molar-refractivity contribution in [2.45, 2.75) is 6.92 Å². The van der Waals surface area contributed by atoms with Gasteiger partial charge in [0.2, 0.25) is 0 Å². The number of non-ortho nitro benzene ring substituents is 1. The third-order valence-electron chi connectivity index (χ3n) is 3.36. The number of nitro benzene ring substituents is 1. The van der Waals surface area contributed by atoms with Crippen LogP contribution in [0, 0.1) is 17.0 Å². The summed E-state index contributed by atoms with van der Waals surface area (Å²) in [5.41, 5.74) is 1.01. The maximum absolute atomic E-state index is 11.3. The number of carboxylic acids is 1. The van der Waals surface area contributed by atoms with Gasteiger partial charge in [0.25, 0.3) is 5.69 Å². The number of aromatic carboxylic acids is 1. The number of hydrogen-bond donors (Lipinski definition) is 1. The molecule has 3 rings (SSSR count). The van der Waals surface area contributed by atoms with E-state index in [1.165, 1.54) is 16.5 Å². The number of pyridine rings is 1. The van der Waals surface area contributed by atoms with Crippen LogP contribution in [0.15, 0.2) is 52.8 Å². The molecule has 0 aliphatic rings. The molecule has 0 saturated carbocycles. The van der Waals surface area contributed by atoms with Gasteiger partial charge in [0.15, 0.2) is 11.5 Å². The van der Waals surface area contributed by atoms with Crippen LogP contribution < -0.4 is 0 Å². The molecule has 120 valence electrons. The summed E-state index contributed by atoms with van der Waals surface area (Å²) in [5, 5.41) is 28.1. The Morgan fingerprint density at radius 3 is 2.79 bits per heavy atom. The largest absolute Gasteiger partial charge is 0.476 e. The van der Waals surface area contributed by atoms with E-state index in [4.69, 9.17) is 0 Å². The number of nitrogens with zero attached hydrogens (tertiary/aromatic N) is 5. The molecule has 0 amide bonds. The Morgan fingerprint density at radius 1 is 1.29 bits per heavy atom. The van der Waals surface area contributed by atoms with Crippen LogP contribution in [-0.4, -0.2) is 25.4 Å². The van der Waals surface area contributed by atoms with Crippen molar-refractivity contribution >= 4 is 28.8 Å². The van der Waals surface area contributed by atoms with Crippen LogP contribution in [0.5, 0.6) is 0 Å². The molecule has 0 fully saturated rings. The third kappa shape index (κ3) is 2.70. The smallest absolute Gasteiger partial charge is 0.358 e. The lowest BCUT2D eigenvalue weighted by molar-refractivity contribution is -0.384. The zero-order chi connectivity index (χ0) is 17.3. The SMILES string of the molecule is Cc1ccc([N+](=O)[O-])cc1N=Nc1c(C(=O)O)nc2ccccn12. The molecule has 9 heteroatoms. The van der Waals surface area contributed by atoms with E-state index < -0.39 is 10.9 Å². The number of aryl methyl sites for hydroxylation is 1. The van der Waals surface area contributed by atoms with Crippen LogP contribution in [-0.2, 0) is 0 Å². The summed E-state index contributed by atoms with van der Waals surface area (Å²) in [7, 11) is 0. The average molecular weight is 325 g/mol. The van der Waals surface area contributed by atoms with Gasteiger partial charge in [0, 0.05) is 18.3 Å². The van der Waals surface area contributed by atoms with Crippen molar-refractivity contribution in [3.05, 3.63) is 64.0 Å². The van der Waals surface area contributed by atoms with E-state index in [9.17, 15) is 20.0 Å². The highest BCUT2D eigenvalue weighted by molar-refractivity contribution is 5.91. The number of carboxylic acid groups (broad SMARTS) is 1. The highest BCUT2D eigenvalue weighted by Gasteiger charge is 2.18. The maximum atomic E-state index is 11.3. The Bertz CT molecular complexity index is 993. The zero-order valence-corrected chi connectivity index (χ0v) is 12.4. The van der Waals surface area contributed by atoms with Gasteiger partial charge in [-0.3, -0.25) is 14.5 Å². The fourth-order valence-electron chi connectivity index (χ4n) is 2.14. The fourth-order valence-corrected chi connectivity index (χ4v) is 2.14. The van der Waals surface area contributed by atoms with E-state index in [2.05, 4.69) is 15.2 Å². The number of imidazole rings is 1. The molecule has 0 spiro atoms. The lowest BCUT2D eigenvalue weighted by Crippen LogP contribution is -1.96. The minimum atomic E-state index is -1.23. The Hall–Kier alpha value is -3.62. The molecule has 1 aromatic carbocycles. The monoisotopic (exact) mass is 325 g/mol. The lowest BCUT2D eigenvalue weighted by atomic mass is 10.2. The van der Waals surface area contributed by atoms with Crippen molar-refractivity contribution in [2.75, 3.05) is 0 Å². The zero-order valence-electron chi connectivity index (χ0n) is 12.4. The molecule has 0 aliphatic heterocycles. The number of fused-ring (bicyclic) bond motifs is 1. The second-order valence-electron chi connectivity index (χ2n) is 4.95. The van der Waals surface area contributed by atoms with Crippen molar-refractivity contribution < 1.29 is 14.8 Å². The van der Waals surface area contributed by atoms with Gasteiger partial charge in [-0.05, 0) is 24.6 Å². The van der Waals surface area contributed by atoms with E-state index in [1.54, 1.807) is 37.4 Å². The normalized spacial score (nSPS) is 11.2. The highest BCUT2D eigenvalue weighted by atomic mass is 16.6. The number of hydrogen-bond acceptors (Lipinski definition) is 6. The number of benzene rings is 1. The first-order valence-corrected chi connectivity index (χ1v) is 6.84. The van der Waals surface area contributed by atoms with Gasteiger partial charge in [-0.2, -0.15) is 0 Å². The van der Waals surface area contributed by atoms with Crippen molar-refractivity contribution in [3.63, 3.8) is 0 Å². The first-order chi connectivity index (χ1) is 11.5. The molecule has 24 heavy (non-hydrogen) atoms. The number of aromatic nitrogens is 2. The number of rotatable bonds is 4. The van der Waals surface area contributed by atoms with Crippen LogP contribution in [0.1, 0.15) is 16.1 Å². The van der Waals surface area contributed by atoms with Gasteiger partial charge in [-0.1, -0.05) is 12.1 Å². The molecule has 9 nitrogen and oxygen atoms in total. The minimum Gasteiger partial charge on any atom is -0.476 e. The first-order valence-electron chi connectivity index (χ1n) is 6.84. The van der Waals surface area contributed by atoms with Gasteiger partial charge in [-0.25, -0.2) is 9.78 Å². The minimum absolute atomic E-state index is 0.0454. The van der Waals surface area contributed by atoms with Crippen molar-refractivity contribution in [1.82, 2.24) is 9.38 Å². The predicted molar refractivity (Wildman–Crippen MR) is 84.2 cm³/mol. The van der Waals surface area contributed by atoms with Gasteiger partial charge in [-0.15, -0.1) is 10.2 Å². The summed E-state index contributed by atoms with van der Waals surface area (Å²) >= 11 is 0. The predicted octanol–water partition coefficient (Wildman–Crippen LogP) is 3.66. The van der Waals surface area contributed by atoms with Crippen LogP contribution in [0.4, 0.5) is 17.2 Å². The molecule has 2 heterocycles. The molecular weight excluding hydrogens is 314 g/mol. The quantitative estimate of drug-likeness (QED) is 0.445. The van der Waals surface area contributed by atoms with Gasteiger partial charge in [0.1, 0.15) is 5.65 Å². The molecule has 0 radical (unpaired) electrons. The molecule has 3 aromatic rings. The van der Waals surface area contributed by atoms with E-state index >= 15 is 0 Å². The second kappa shape index (κ2) is 5.88. The second-order valence-corrected chi connectivity index (χ2v) is 4.95. The van der Waals surface area contributed by atoms with Crippen molar-refractivity contribution in [3.8, 4) is 0 Å². The fraction of sp³-hybridized carbons (Fsp3) is 0.0667. The Kier molecular flexibility index (Phi) is 3.74. The molecule has 0 bridgehead atoms. The van der Waals surface area contributed by atoms with Gasteiger partial charge < -0.3 is 5.11 Å². The number of nitro groups is 1. The summed E-state index contributed by atoms with van der Waals surface area (Å²) < 4.78 is 1.49. The van der Waals surface area contributed by atoms with Crippen molar-refractivity contribution in [2.24, 2.45) is 10.2 Å². The van der Waals surface area contributed by atoms with E-state index in [0.717, 1.165) is 0 Å². The molecule has 1 N–H and O–H groups in total. The summed E-state index contributed by atoms with van der Waals surface area (Å²) in [5.74, 6) is -1.19. The van der Waals surface area contributed by atoms with Gasteiger partial charge >= 0.3 is 5.97 Å². The molecular formula is C15H11N5O4. The maximum Gasteiger partial charge on any atom is 0.358 e. The topological polar surface area (TPSA) is 122 Å². The first kappa shape index (κ1) is 15.3. The lowest BCUT2D eigenvalue weighted by Gasteiger charge is -1.99. The molecule has 0 unspecified atom stereocenters. The number of azo groups is 1. The van der Waals surface area contributed by atoms with E-state index in [0.29, 0.717) is 11.2 Å². The van der Waals surface area contributed by atoms with Gasteiger partial charge in [0.05, 0.1) is 10.6 Å². The molecule has 0 saturated heterocycles. The Morgan fingerprint density at radius 2 is 2.08 bits per heavy atom. The summed E-state index contributed by atoms with van der Waals surface area (Å²) in [4.78, 5) is 25.7. The van der Waals surface area contributed by atoms with E-state index in [1.807, 2.05) is 0 Å². The standard InChI is InChI=1S/C15H11N5O4/c1-9-5-6-10(20(23)24)8-11(9)17-18-14-13(15(21)22)16-12-4-2-3-7-19(12)14/h2-8H,1H3,(H,21,22). The van der Waals surface area contributed by atoms with Crippen LogP contribution in [0.2, 0.25) is 0 Å².